The van der Waals surface area contributed by atoms with Crippen molar-refractivity contribution in [2.45, 2.75) is 19.9 Å². The number of aliphatic hydroxyl groups excluding tert-OH is 1. The van der Waals surface area contributed by atoms with Gasteiger partial charge in [0, 0.05) is 19.3 Å². The number of carbonyl (C=O) groups excluding carboxylic acids is 1. The van der Waals surface area contributed by atoms with Crippen molar-refractivity contribution in [2.24, 2.45) is 5.92 Å². The first-order valence-electron chi connectivity index (χ1n) is 6.53. The van der Waals surface area contributed by atoms with Crippen LogP contribution >= 0.6 is 0 Å². The number of hydrogen-bond acceptors (Lipinski definition) is 4. The largest absolute Gasteiger partial charge is 0.396 e. The number of aliphatic hydroxyl groups is 1. The highest BCUT2D eigenvalue weighted by molar-refractivity contribution is 5.75. The number of pyridine rings is 1. The molecule has 0 aromatic carbocycles. The molecule has 1 unspecified atom stereocenters. The summed E-state index contributed by atoms with van der Waals surface area (Å²) >= 11 is 0. The maximum absolute atomic E-state index is 12.0. The van der Waals surface area contributed by atoms with Crippen molar-refractivity contribution in [3.8, 4) is 0 Å². The van der Waals surface area contributed by atoms with Crippen LogP contribution in [-0.2, 0) is 11.3 Å². The second kappa shape index (κ2) is 6.33. The van der Waals surface area contributed by atoms with Crippen molar-refractivity contribution < 1.29 is 9.90 Å². The highest BCUT2D eigenvalue weighted by atomic mass is 16.3. The molecule has 0 saturated carbocycles. The summed E-state index contributed by atoms with van der Waals surface area (Å²) in [5.74, 6) is -0.0676. The third-order valence-electron chi connectivity index (χ3n) is 3.05. The molecule has 1 atom stereocenters. The van der Waals surface area contributed by atoms with E-state index in [0.717, 1.165) is 4.68 Å². The number of nitrogens with one attached hydrogen (secondary N) is 1. The first kappa shape index (κ1) is 14.3. The number of amides is 1. The van der Waals surface area contributed by atoms with Crippen LogP contribution < -0.4 is 11.0 Å². The summed E-state index contributed by atoms with van der Waals surface area (Å²) in [6.45, 7) is 2.41. The maximum Gasteiger partial charge on any atom is 0.350 e. The molecule has 7 nitrogen and oxygen atoms in total. The van der Waals surface area contributed by atoms with Gasteiger partial charge in [0.25, 0.3) is 0 Å². The molecule has 0 aliphatic rings. The van der Waals surface area contributed by atoms with E-state index >= 15 is 0 Å². The van der Waals surface area contributed by atoms with Crippen LogP contribution in [0.5, 0.6) is 0 Å². The van der Waals surface area contributed by atoms with Gasteiger partial charge in [-0.2, -0.15) is 0 Å². The standard InChI is InChI=1S/C13H18N4O3/c1-10(5-7-18)8-14-12(19)9-17-13(20)16-6-3-2-4-11(16)15-17/h2-4,6,10,18H,5,7-9H2,1H3,(H,14,19). The van der Waals surface area contributed by atoms with E-state index in [-0.39, 0.29) is 30.7 Å². The molecule has 2 aromatic heterocycles. The van der Waals surface area contributed by atoms with Crippen LogP contribution in [0.2, 0.25) is 0 Å². The Morgan fingerprint density at radius 3 is 3.00 bits per heavy atom. The SMILES string of the molecule is CC(CCO)CNC(=O)Cn1nc2ccccn2c1=O. The predicted molar refractivity (Wildman–Crippen MR) is 73.3 cm³/mol. The zero-order valence-corrected chi connectivity index (χ0v) is 11.3. The Balaban J connectivity index is 2.00. The first-order chi connectivity index (χ1) is 9.61. The summed E-state index contributed by atoms with van der Waals surface area (Å²) in [6.07, 6.45) is 2.25. The fourth-order valence-electron chi connectivity index (χ4n) is 1.87. The highest BCUT2D eigenvalue weighted by Crippen LogP contribution is 1.98. The molecule has 20 heavy (non-hydrogen) atoms. The first-order valence-corrected chi connectivity index (χ1v) is 6.53. The van der Waals surface area contributed by atoms with E-state index in [1.54, 1.807) is 24.4 Å². The van der Waals surface area contributed by atoms with Gasteiger partial charge < -0.3 is 10.4 Å². The van der Waals surface area contributed by atoms with Gasteiger partial charge in [-0.15, -0.1) is 5.10 Å². The van der Waals surface area contributed by atoms with Crippen molar-refractivity contribution in [1.29, 1.82) is 0 Å². The van der Waals surface area contributed by atoms with E-state index < -0.39 is 0 Å². The van der Waals surface area contributed by atoms with Crippen molar-refractivity contribution in [1.82, 2.24) is 19.5 Å². The number of carbonyl (C=O) groups is 1. The quantitative estimate of drug-likeness (QED) is 0.754. The monoisotopic (exact) mass is 278 g/mol. The molecule has 0 bridgehead atoms. The average Bonchev–Trinajstić information content (AvgIpc) is 2.74. The average molecular weight is 278 g/mol. The van der Waals surface area contributed by atoms with E-state index in [1.807, 2.05) is 6.92 Å². The zero-order valence-electron chi connectivity index (χ0n) is 11.3. The lowest BCUT2D eigenvalue weighted by molar-refractivity contribution is -0.122. The molecule has 2 aromatic rings. The van der Waals surface area contributed by atoms with Gasteiger partial charge in [-0.05, 0) is 24.5 Å². The second-order valence-electron chi connectivity index (χ2n) is 4.79. The number of aromatic nitrogens is 3. The molecule has 0 saturated heterocycles. The Morgan fingerprint density at radius 2 is 2.30 bits per heavy atom. The lowest BCUT2D eigenvalue weighted by Gasteiger charge is -2.10. The minimum Gasteiger partial charge on any atom is -0.396 e. The van der Waals surface area contributed by atoms with Gasteiger partial charge in [0.2, 0.25) is 5.91 Å². The number of nitrogens with zero attached hydrogens (tertiary/aromatic N) is 3. The van der Waals surface area contributed by atoms with E-state index in [0.29, 0.717) is 18.6 Å². The Hall–Kier alpha value is -2.15. The van der Waals surface area contributed by atoms with E-state index in [1.165, 1.54) is 4.40 Å². The van der Waals surface area contributed by atoms with Crippen LogP contribution in [0.15, 0.2) is 29.2 Å². The van der Waals surface area contributed by atoms with Crippen LogP contribution in [0, 0.1) is 5.92 Å². The van der Waals surface area contributed by atoms with Crippen molar-refractivity contribution >= 4 is 11.6 Å². The molecule has 0 fully saturated rings. The predicted octanol–water partition coefficient (Wildman–Crippen LogP) is -0.369. The maximum atomic E-state index is 12.0. The van der Waals surface area contributed by atoms with Gasteiger partial charge in [-0.25, -0.2) is 9.48 Å². The lowest BCUT2D eigenvalue weighted by atomic mass is 10.1. The molecule has 7 heteroatoms. The zero-order chi connectivity index (χ0) is 14.5. The van der Waals surface area contributed by atoms with Crippen LogP contribution in [0.4, 0.5) is 0 Å². The summed E-state index contributed by atoms with van der Waals surface area (Å²) in [4.78, 5) is 23.7. The van der Waals surface area contributed by atoms with Crippen molar-refractivity contribution in [2.75, 3.05) is 13.2 Å². The molecule has 1 amide bonds. The molecule has 2 rings (SSSR count). The molecule has 2 heterocycles. The van der Waals surface area contributed by atoms with Gasteiger partial charge in [0.15, 0.2) is 5.65 Å². The van der Waals surface area contributed by atoms with Crippen LogP contribution in [-0.4, -0.2) is 38.3 Å². The minimum atomic E-state index is -0.334. The third kappa shape index (κ3) is 3.24. The molecule has 0 aliphatic carbocycles. The molecule has 2 N–H and O–H groups in total. The summed E-state index contributed by atoms with van der Waals surface area (Å²) in [5, 5.41) is 15.6. The highest BCUT2D eigenvalue weighted by Gasteiger charge is 2.11. The Labute approximate surface area is 115 Å². The molecular weight excluding hydrogens is 260 g/mol. The summed E-state index contributed by atoms with van der Waals surface area (Å²) in [6, 6.07) is 5.22. The Bertz CT molecular complexity index is 646. The van der Waals surface area contributed by atoms with Gasteiger partial charge in [-0.3, -0.25) is 9.20 Å². The molecule has 0 spiro atoms. The van der Waals surface area contributed by atoms with Crippen LogP contribution in [0.3, 0.4) is 0 Å². The lowest BCUT2D eigenvalue weighted by Crippen LogP contribution is -2.35. The molecule has 0 aliphatic heterocycles. The molecule has 0 radical (unpaired) electrons. The normalized spacial score (nSPS) is 12.5. The van der Waals surface area contributed by atoms with Gasteiger partial charge >= 0.3 is 5.69 Å². The van der Waals surface area contributed by atoms with E-state index in [4.69, 9.17) is 5.11 Å². The second-order valence-corrected chi connectivity index (χ2v) is 4.79. The number of hydrogen-bond donors (Lipinski definition) is 2. The number of rotatable bonds is 6. The third-order valence-corrected chi connectivity index (χ3v) is 3.05. The van der Waals surface area contributed by atoms with Crippen LogP contribution in [0.25, 0.3) is 5.65 Å². The molecule has 108 valence electrons. The Kier molecular flexibility index (Phi) is 4.52. The number of fused-ring (bicyclic) bond motifs is 1. The Morgan fingerprint density at radius 1 is 1.50 bits per heavy atom. The fourth-order valence-corrected chi connectivity index (χ4v) is 1.87. The van der Waals surface area contributed by atoms with Gasteiger partial charge in [0.1, 0.15) is 6.54 Å². The summed E-state index contributed by atoms with van der Waals surface area (Å²) in [7, 11) is 0. The van der Waals surface area contributed by atoms with Crippen molar-refractivity contribution in [3.05, 3.63) is 34.9 Å². The summed E-state index contributed by atoms with van der Waals surface area (Å²) in [5.41, 5.74) is 0.179. The van der Waals surface area contributed by atoms with Crippen molar-refractivity contribution in [3.63, 3.8) is 0 Å². The minimum absolute atomic E-state index is 0.100. The smallest absolute Gasteiger partial charge is 0.350 e. The van der Waals surface area contributed by atoms with E-state index in [9.17, 15) is 9.59 Å². The van der Waals surface area contributed by atoms with E-state index in [2.05, 4.69) is 10.4 Å². The fraction of sp³-hybridized carbons (Fsp3) is 0.462. The van der Waals surface area contributed by atoms with Gasteiger partial charge in [-0.1, -0.05) is 13.0 Å². The topological polar surface area (TPSA) is 88.6 Å². The molecular formula is C13H18N4O3. The van der Waals surface area contributed by atoms with Gasteiger partial charge in [0.05, 0.1) is 0 Å². The summed E-state index contributed by atoms with van der Waals surface area (Å²) < 4.78 is 2.53. The van der Waals surface area contributed by atoms with Crippen LogP contribution in [0.1, 0.15) is 13.3 Å².